The quantitative estimate of drug-likeness (QED) is 0.745. The summed E-state index contributed by atoms with van der Waals surface area (Å²) >= 11 is 5.90. The zero-order chi connectivity index (χ0) is 15.0. The highest BCUT2D eigenvalue weighted by Crippen LogP contribution is 2.31. The van der Waals surface area contributed by atoms with Crippen molar-refractivity contribution < 1.29 is 9.90 Å². The van der Waals surface area contributed by atoms with Crippen LogP contribution in [0.2, 0.25) is 5.02 Å². The standard InChI is InChI=1S/C16H15ClN2O2/c17-10-5-6-13(18)12(8-10)16(21)19-15-11-4-2-1-3-9(11)7-14(15)20/h1-6,8,14-15,20H,7,18H2,(H,19,21)/t14-,15+/m1/s1. The highest BCUT2D eigenvalue weighted by molar-refractivity contribution is 6.31. The lowest BCUT2D eigenvalue weighted by Crippen LogP contribution is -2.34. The molecule has 2 aromatic carbocycles. The molecule has 5 heteroatoms. The van der Waals surface area contributed by atoms with E-state index in [1.165, 1.54) is 6.07 Å². The molecule has 4 N–H and O–H groups in total. The van der Waals surface area contributed by atoms with Crippen LogP contribution in [-0.4, -0.2) is 17.1 Å². The van der Waals surface area contributed by atoms with Gasteiger partial charge in [-0.2, -0.15) is 0 Å². The minimum Gasteiger partial charge on any atom is -0.398 e. The summed E-state index contributed by atoms with van der Waals surface area (Å²) in [4.78, 5) is 12.4. The molecule has 0 heterocycles. The van der Waals surface area contributed by atoms with Crippen LogP contribution in [0.1, 0.15) is 27.5 Å². The molecule has 0 aliphatic heterocycles. The Balaban J connectivity index is 1.87. The van der Waals surface area contributed by atoms with Crippen molar-refractivity contribution in [2.75, 3.05) is 5.73 Å². The van der Waals surface area contributed by atoms with Gasteiger partial charge in [-0.3, -0.25) is 4.79 Å². The fraction of sp³-hybridized carbons (Fsp3) is 0.188. The Kier molecular flexibility index (Phi) is 3.57. The van der Waals surface area contributed by atoms with Gasteiger partial charge >= 0.3 is 0 Å². The number of amides is 1. The first-order valence-corrected chi connectivity index (χ1v) is 7.06. The lowest BCUT2D eigenvalue weighted by Gasteiger charge is -2.18. The lowest BCUT2D eigenvalue weighted by molar-refractivity contribution is 0.0859. The largest absolute Gasteiger partial charge is 0.398 e. The Morgan fingerprint density at radius 3 is 2.86 bits per heavy atom. The average Bonchev–Trinajstić information content (AvgIpc) is 2.78. The number of nitrogen functional groups attached to an aromatic ring is 1. The predicted octanol–water partition coefficient (Wildman–Crippen LogP) is 2.31. The number of carbonyl (C=O) groups excluding carboxylic acids is 1. The van der Waals surface area contributed by atoms with Gasteiger partial charge in [-0.05, 0) is 29.3 Å². The Hall–Kier alpha value is -2.04. The third kappa shape index (κ3) is 2.60. The van der Waals surface area contributed by atoms with E-state index in [0.717, 1.165) is 11.1 Å². The molecule has 0 saturated heterocycles. The van der Waals surface area contributed by atoms with Crippen molar-refractivity contribution in [3.63, 3.8) is 0 Å². The van der Waals surface area contributed by atoms with Crippen molar-refractivity contribution in [2.45, 2.75) is 18.6 Å². The maximum absolute atomic E-state index is 12.4. The fourth-order valence-electron chi connectivity index (χ4n) is 2.69. The van der Waals surface area contributed by atoms with Gasteiger partial charge < -0.3 is 16.2 Å². The SMILES string of the molecule is Nc1ccc(Cl)cc1C(=O)N[C@H]1c2ccccc2C[C@H]1O. The number of rotatable bonds is 2. The van der Waals surface area contributed by atoms with E-state index in [2.05, 4.69) is 5.32 Å². The van der Waals surface area contributed by atoms with Crippen molar-refractivity contribution in [2.24, 2.45) is 0 Å². The van der Waals surface area contributed by atoms with Gasteiger partial charge in [0, 0.05) is 17.1 Å². The van der Waals surface area contributed by atoms with E-state index in [1.807, 2.05) is 24.3 Å². The van der Waals surface area contributed by atoms with Gasteiger partial charge in [-0.15, -0.1) is 0 Å². The van der Waals surface area contributed by atoms with Crippen molar-refractivity contribution in [1.29, 1.82) is 0 Å². The van der Waals surface area contributed by atoms with E-state index < -0.39 is 12.1 Å². The molecule has 2 aromatic rings. The second-order valence-corrected chi connectivity index (χ2v) is 5.59. The van der Waals surface area contributed by atoms with Crippen LogP contribution in [0.25, 0.3) is 0 Å². The van der Waals surface area contributed by atoms with E-state index in [4.69, 9.17) is 17.3 Å². The predicted molar refractivity (Wildman–Crippen MR) is 82.2 cm³/mol. The molecule has 0 unspecified atom stereocenters. The summed E-state index contributed by atoms with van der Waals surface area (Å²) in [6, 6.07) is 12.0. The monoisotopic (exact) mass is 302 g/mol. The number of benzene rings is 2. The molecule has 2 atom stereocenters. The summed E-state index contributed by atoms with van der Waals surface area (Å²) < 4.78 is 0. The molecule has 0 fully saturated rings. The summed E-state index contributed by atoms with van der Waals surface area (Å²) in [7, 11) is 0. The van der Waals surface area contributed by atoms with Gasteiger partial charge in [0.05, 0.1) is 17.7 Å². The third-order valence-corrected chi connectivity index (χ3v) is 3.99. The van der Waals surface area contributed by atoms with Gasteiger partial charge in [0.1, 0.15) is 0 Å². The van der Waals surface area contributed by atoms with Crippen LogP contribution < -0.4 is 11.1 Å². The normalized spacial score (nSPS) is 20.1. The molecule has 0 spiro atoms. The van der Waals surface area contributed by atoms with Gasteiger partial charge in [-0.25, -0.2) is 0 Å². The summed E-state index contributed by atoms with van der Waals surface area (Å²) in [5.74, 6) is -0.337. The molecule has 4 nitrogen and oxygen atoms in total. The first-order chi connectivity index (χ1) is 10.1. The van der Waals surface area contributed by atoms with E-state index in [1.54, 1.807) is 12.1 Å². The number of aliphatic hydroxyl groups excluding tert-OH is 1. The van der Waals surface area contributed by atoms with Crippen LogP contribution in [0.15, 0.2) is 42.5 Å². The number of carbonyl (C=O) groups is 1. The lowest BCUT2D eigenvalue weighted by atomic mass is 10.1. The molecule has 0 radical (unpaired) electrons. The second kappa shape index (κ2) is 5.39. The zero-order valence-corrected chi connectivity index (χ0v) is 12.0. The van der Waals surface area contributed by atoms with Crippen LogP contribution in [0.4, 0.5) is 5.69 Å². The number of halogens is 1. The zero-order valence-electron chi connectivity index (χ0n) is 11.2. The van der Waals surface area contributed by atoms with Crippen molar-refractivity contribution >= 4 is 23.2 Å². The van der Waals surface area contributed by atoms with Gasteiger partial charge in [0.2, 0.25) is 0 Å². The summed E-state index contributed by atoms with van der Waals surface area (Å²) in [5.41, 5.74) is 8.48. The number of anilines is 1. The molecule has 3 rings (SSSR count). The molecule has 1 aliphatic rings. The number of nitrogens with one attached hydrogen (secondary N) is 1. The molecule has 0 aromatic heterocycles. The molecule has 1 aliphatic carbocycles. The molecule has 0 bridgehead atoms. The van der Waals surface area contributed by atoms with E-state index in [-0.39, 0.29) is 5.91 Å². The molecule has 21 heavy (non-hydrogen) atoms. The van der Waals surface area contributed by atoms with Crippen molar-refractivity contribution in [3.05, 3.63) is 64.2 Å². The smallest absolute Gasteiger partial charge is 0.253 e. The molecule has 108 valence electrons. The minimum atomic E-state index is -0.633. The minimum absolute atomic E-state index is 0.319. The van der Waals surface area contributed by atoms with Crippen LogP contribution in [-0.2, 0) is 6.42 Å². The number of hydrogen-bond donors (Lipinski definition) is 3. The summed E-state index contributed by atoms with van der Waals surface area (Å²) in [6.45, 7) is 0. The highest BCUT2D eigenvalue weighted by Gasteiger charge is 2.32. The molecule has 1 amide bonds. The molecule has 0 saturated carbocycles. The number of aliphatic hydroxyl groups is 1. The Morgan fingerprint density at radius 1 is 1.29 bits per heavy atom. The van der Waals surface area contributed by atoms with Gasteiger partial charge in [0.15, 0.2) is 0 Å². The molecular weight excluding hydrogens is 288 g/mol. The van der Waals surface area contributed by atoms with Crippen LogP contribution in [0.5, 0.6) is 0 Å². The van der Waals surface area contributed by atoms with E-state index in [0.29, 0.717) is 22.7 Å². The second-order valence-electron chi connectivity index (χ2n) is 5.15. The first-order valence-electron chi connectivity index (χ1n) is 6.68. The Morgan fingerprint density at radius 2 is 2.05 bits per heavy atom. The van der Waals surface area contributed by atoms with Crippen LogP contribution in [0, 0.1) is 0 Å². The number of hydrogen-bond acceptors (Lipinski definition) is 3. The van der Waals surface area contributed by atoms with Gasteiger partial charge in [-0.1, -0.05) is 35.9 Å². The summed E-state index contributed by atoms with van der Waals surface area (Å²) in [6.07, 6.45) is -0.0988. The maximum Gasteiger partial charge on any atom is 0.253 e. The van der Waals surface area contributed by atoms with Crippen molar-refractivity contribution in [1.82, 2.24) is 5.32 Å². The van der Waals surface area contributed by atoms with E-state index >= 15 is 0 Å². The number of nitrogens with two attached hydrogens (primary N) is 1. The van der Waals surface area contributed by atoms with Crippen LogP contribution in [0.3, 0.4) is 0 Å². The molecular formula is C16H15ClN2O2. The fourth-order valence-corrected chi connectivity index (χ4v) is 2.86. The average molecular weight is 303 g/mol. The third-order valence-electron chi connectivity index (χ3n) is 3.75. The van der Waals surface area contributed by atoms with E-state index in [9.17, 15) is 9.90 Å². The Bertz CT molecular complexity index is 702. The topological polar surface area (TPSA) is 75.4 Å². The highest BCUT2D eigenvalue weighted by atomic mass is 35.5. The Labute approximate surface area is 127 Å². The summed E-state index contributed by atoms with van der Waals surface area (Å²) in [5, 5.41) is 13.4. The maximum atomic E-state index is 12.4. The van der Waals surface area contributed by atoms with Crippen molar-refractivity contribution in [3.8, 4) is 0 Å². The number of fused-ring (bicyclic) bond motifs is 1. The first kappa shape index (κ1) is 13.9. The van der Waals surface area contributed by atoms with Crippen LogP contribution >= 0.6 is 11.6 Å². The van der Waals surface area contributed by atoms with Gasteiger partial charge in [0.25, 0.3) is 5.91 Å².